The number of rotatable bonds is 4. The summed E-state index contributed by atoms with van der Waals surface area (Å²) >= 11 is 13.3. The fraction of sp³-hybridized carbons (Fsp3) is 0.368. The molecule has 0 aromatic heterocycles. The molecule has 4 fully saturated rings. The summed E-state index contributed by atoms with van der Waals surface area (Å²) in [5.74, 6) is -4.25. The van der Waals surface area contributed by atoms with Crippen LogP contribution in [0.1, 0.15) is 62.0 Å². The quantitative estimate of drug-likeness (QED) is 0.234. The zero-order chi connectivity index (χ0) is 32.6. The molecule has 2 aliphatic heterocycles. The first-order chi connectivity index (χ1) is 22.7. The van der Waals surface area contributed by atoms with E-state index in [-0.39, 0.29) is 41.0 Å². The Morgan fingerprint density at radius 1 is 0.787 bits per heavy atom. The van der Waals surface area contributed by atoms with Crippen LogP contribution in [0.25, 0.3) is 0 Å². The molecule has 3 aliphatic carbocycles. The average molecular weight is 670 g/mol. The highest BCUT2D eigenvalue weighted by Crippen LogP contribution is 2.65. The van der Waals surface area contributed by atoms with Gasteiger partial charge in [0.2, 0.25) is 23.6 Å². The SMILES string of the molecule is O=C1[C@@H]2C[C@@H]3C(=CC[C@@H]4C(=O)N(C5CCCCC5)C(=O)[C@@H]43)[C@H](c3ccc(O)cc3Cl)[C@]2(c2ccccc2)C(=O)N1c1cccc(Cl)c1. The fourth-order valence-corrected chi connectivity index (χ4v) is 10.0. The second-order valence-corrected chi connectivity index (χ2v) is 14.5. The van der Waals surface area contributed by atoms with Gasteiger partial charge in [-0.25, -0.2) is 4.90 Å². The number of likely N-dealkylation sites (tertiary alicyclic amines) is 1. The number of halogens is 2. The van der Waals surface area contributed by atoms with Gasteiger partial charge < -0.3 is 5.11 Å². The van der Waals surface area contributed by atoms with Gasteiger partial charge in [-0.05, 0) is 73.1 Å². The largest absolute Gasteiger partial charge is 0.508 e. The van der Waals surface area contributed by atoms with Crippen molar-refractivity contribution in [1.82, 2.24) is 4.90 Å². The molecule has 47 heavy (non-hydrogen) atoms. The summed E-state index contributed by atoms with van der Waals surface area (Å²) in [6.45, 7) is 0. The van der Waals surface area contributed by atoms with Crippen molar-refractivity contribution in [1.29, 1.82) is 0 Å². The normalized spacial score (nSPS) is 30.7. The van der Waals surface area contributed by atoms with E-state index >= 15 is 4.79 Å². The number of carbonyl (C=O) groups is 4. The van der Waals surface area contributed by atoms with Gasteiger partial charge in [0.05, 0.1) is 28.9 Å². The van der Waals surface area contributed by atoms with E-state index in [9.17, 15) is 19.5 Å². The van der Waals surface area contributed by atoms with Crippen LogP contribution in [-0.4, -0.2) is 39.7 Å². The van der Waals surface area contributed by atoms with Crippen molar-refractivity contribution in [2.75, 3.05) is 4.90 Å². The number of carbonyl (C=O) groups excluding carboxylic acids is 4. The van der Waals surface area contributed by atoms with Crippen molar-refractivity contribution in [3.05, 3.63) is 106 Å². The van der Waals surface area contributed by atoms with Crippen LogP contribution in [0.5, 0.6) is 5.75 Å². The summed E-state index contributed by atoms with van der Waals surface area (Å²) in [6.07, 6.45) is 7.34. The van der Waals surface area contributed by atoms with Crippen LogP contribution in [0.2, 0.25) is 10.0 Å². The molecule has 3 aromatic rings. The van der Waals surface area contributed by atoms with Crippen LogP contribution in [0.4, 0.5) is 5.69 Å². The first kappa shape index (κ1) is 30.4. The Labute approximate surface area is 283 Å². The number of imide groups is 2. The summed E-state index contributed by atoms with van der Waals surface area (Å²) in [4.78, 5) is 61.2. The first-order valence-electron chi connectivity index (χ1n) is 16.5. The molecule has 3 aromatic carbocycles. The summed E-state index contributed by atoms with van der Waals surface area (Å²) in [5.41, 5.74) is 1.06. The molecule has 240 valence electrons. The minimum atomic E-state index is -1.41. The van der Waals surface area contributed by atoms with E-state index in [1.54, 1.807) is 35.2 Å². The van der Waals surface area contributed by atoms with Gasteiger partial charge in [-0.15, -0.1) is 0 Å². The maximum atomic E-state index is 15.2. The van der Waals surface area contributed by atoms with Gasteiger partial charge in [-0.1, -0.05) is 96.6 Å². The molecule has 9 heteroatoms. The van der Waals surface area contributed by atoms with E-state index in [2.05, 4.69) is 0 Å². The van der Waals surface area contributed by atoms with Crippen LogP contribution in [-0.2, 0) is 24.6 Å². The monoisotopic (exact) mass is 668 g/mol. The van der Waals surface area contributed by atoms with E-state index in [4.69, 9.17) is 23.2 Å². The molecule has 0 radical (unpaired) electrons. The average Bonchev–Trinajstić information content (AvgIpc) is 3.46. The molecule has 6 atom stereocenters. The highest BCUT2D eigenvalue weighted by Gasteiger charge is 2.70. The second kappa shape index (κ2) is 11.3. The Morgan fingerprint density at radius 3 is 2.28 bits per heavy atom. The molecule has 2 heterocycles. The Bertz CT molecular complexity index is 1850. The number of benzene rings is 3. The maximum Gasteiger partial charge on any atom is 0.246 e. The summed E-state index contributed by atoms with van der Waals surface area (Å²) in [6, 6.07) is 20.6. The third kappa shape index (κ3) is 4.39. The van der Waals surface area contributed by atoms with E-state index in [1.807, 2.05) is 36.4 Å². The van der Waals surface area contributed by atoms with Gasteiger partial charge in [-0.2, -0.15) is 0 Å². The number of aromatic hydroxyl groups is 1. The molecule has 0 spiro atoms. The van der Waals surface area contributed by atoms with E-state index in [1.165, 1.54) is 17.0 Å². The third-order valence-electron chi connectivity index (χ3n) is 11.4. The predicted octanol–water partition coefficient (Wildman–Crippen LogP) is 7.19. The lowest BCUT2D eigenvalue weighted by Gasteiger charge is -2.51. The van der Waals surface area contributed by atoms with Crippen molar-refractivity contribution in [2.24, 2.45) is 23.7 Å². The lowest BCUT2D eigenvalue weighted by Crippen LogP contribution is -2.53. The Hall–Kier alpha value is -3.94. The number of hydrogen-bond acceptors (Lipinski definition) is 5. The number of allylic oxidation sites excluding steroid dienone is 2. The van der Waals surface area contributed by atoms with Crippen LogP contribution < -0.4 is 4.90 Å². The van der Waals surface area contributed by atoms with Crippen molar-refractivity contribution in [3.8, 4) is 5.75 Å². The maximum absolute atomic E-state index is 15.2. The summed E-state index contributed by atoms with van der Waals surface area (Å²) in [5, 5.41) is 11.0. The Balaban J connectivity index is 1.35. The van der Waals surface area contributed by atoms with Gasteiger partial charge in [0, 0.05) is 22.0 Å². The van der Waals surface area contributed by atoms with Gasteiger partial charge in [0.15, 0.2) is 0 Å². The molecule has 4 amide bonds. The van der Waals surface area contributed by atoms with Gasteiger partial charge in [0.25, 0.3) is 0 Å². The highest BCUT2D eigenvalue weighted by molar-refractivity contribution is 6.33. The Kier molecular flexibility index (Phi) is 7.34. The van der Waals surface area contributed by atoms with Gasteiger partial charge >= 0.3 is 0 Å². The molecule has 0 bridgehead atoms. The lowest BCUT2D eigenvalue weighted by molar-refractivity contribution is -0.143. The van der Waals surface area contributed by atoms with Crippen molar-refractivity contribution < 1.29 is 24.3 Å². The van der Waals surface area contributed by atoms with Crippen molar-refractivity contribution >= 4 is 52.5 Å². The topological polar surface area (TPSA) is 95.0 Å². The van der Waals surface area contributed by atoms with E-state index < -0.39 is 40.9 Å². The molecule has 8 rings (SSSR count). The standard InChI is InChI=1S/C38H34Cl2N2O5/c39-22-10-7-13-24(18-22)42-35(45)30-20-29-26(16-17-28-32(29)36(46)41(34(28)44)23-11-5-2-6-12-23)33(27-15-14-25(43)19-31(27)40)38(30,37(42)47)21-8-3-1-4-9-21/h1,3-4,7-10,13-16,18-19,23,28-30,32-33,43H,2,5-6,11-12,17,20H2/t28-,29+,30-,32-,33+,38+/m0/s1. The minimum absolute atomic E-state index is 0.0248. The van der Waals surface area contributed by atoms with E-state index in [0.29, 0.717) is 28.3 Å². The zero-order valence-electron chi connectivity index (χ0n) is 25.6. The molecule has 1 N–H and O–H groups in total. The molecule has 0 unspecified atom stereocenters. The zero-order valence-corrected chi connectivity index (χ0v) is 27.2. The molecular formula is C38H34Cl2N2O5. The number of nitrogens with zero attached hydrogens (tertiary/aromatic N) is 2. The molecular weight excluding hydrogens is 635 g/mol. The molecule has 5 aliphatic rings. The molecule has 2 saturated carbocycles. The number of fused-ring (bicyclic) bond motifs is 4. The van der Waals surface area contributed by atoms with Crippen LogP contribution in [0.3, 0.4) is 0 Å². The van der Waals surface area contributed by atoms with Crippen LogP contribution in [0, 0.1) is 23.7 Å². The smallest absolute Gasteiger partial charge is 0.246 e. The van der Waals surface area contributed by atoms with Gasteiger partial charge in [0.1, 0.15) is 5.75 Å². The first-order valence-corrected chi connectivity index (χ1v) is 17.2. The number of hydrogen-bond donors (Lipinski definition) is 1. The second-order valence-electron chi connectivity index (χ2n) is 13.6. The number of anilines is 1. The van der Waals surface area contributed by atoms with Crippen LogP contribution in [0.15, 0.2) is 84.4 Å². The number of phenolic OH excluding ortho intramolecular Hbond substituents is 1. The minimum Gasteiger partial charge on any atom is -0.508 e. The summed E-state index contributed by atoms with van der Waals surface area (Å²) in [7, 11) is 0. The highest BCUT2D eigenvalue weighted by atomic mass is 35.5. The predicted molar refractivity (Wildman–Crippen MR) is 178 cm³/mol. The van der Waals surface area contributed by atoms with Crippen molar-refractivity contribution in [3.63, 3.8) is 0 Å². The molecule has 2 saturated heterocycles. The number of phenols is 1. The van der Waals surface area contributed by atoms with E-state index in [0.717, 1.165) is 37.7 Å². The van der Waals surface area contributed by atoms with Gasteiger partial charge in [-0.3, -0.25) is 24.1 Å². The third-order valence-corrected chi connectivity index (χ3v) is 12.0. The number of amides is 4. The summed E-state index contributed by atoms with van der Waals surface area (Å²) < 4.78 is 0. The Morgan fingerprint density at radius 2 is 1.55 bits per heavy atom. The molecule has 7 nitrogen and oxygen atoms in total. The van der Waals surface area contributed by atoms with Crippen molar-refractivity contribution in [2.45, 2.75) is 62.3 Å². The lowest BCUT2D eigenvalue weighted by atomic mass is 9.49. The van der Waals surface area contributed by atoms with Crippen LogP contribution >= 0.6 is 23.2 Å². The fourth-order valence-electron chi connectivity index (χ4n) is 9.56.